The molecule has 0 aliphatic carbocycles. The molecular formula is C9H17NO. The molecule has 0 rings (SSSR count). The molecule has 0 saturated heterocycles. The smallest absolute Gasteiger partial charge is 0.141 e. The molecular weight excluding hydrogens is 138 g/mol. The van der Waals surface area contributed by atoms with Gasteiger partial charge in [0.1, 0.15) is 5.78 Å². The summed E-state index contributed by atoms with van der Waals surface area (Å²) in [6, 6.07) is 0. The molecule has 2 N–H and O–H groups in total. The van der Waals surface area contributed by atoms with Crippen molar-refractivity contribution in [1.82, 2.24) is 0 Å². The molecule has 0 aliphatic heterocycles. The Morgan fingerprint density at radius 1 is 1.64 bits per heavy atom. The summed E-state index contributed by atoms with van der Waals surface area (Å²) in [5.74, 6) is 0.259. The van der Waals surface area contributed by atoms with Gasteiger partial charge in [0.2, 0.25) is 0 Å². The van der Waals surface area contributed by atoms with Gasteiger partial charge in [0.15, 0.2) is 0 Å². The summed E-state index contributed by atoms with van der Waals surface area (Å²) in [4.78, 5) is 11.3. The van der Waals surface area contributed by atoms with Crippen LogP contribution in [0, 0.1) is 5.92 Å². The molecule has 0 fully saturated rings. The topological polar surface area (TPSA) is 43.1 Å². The Morgan fingerprint density at radius 2 is 2.18 bits per heavy atom. The zero-order chi connectivity index (χ0) is 8.85. The van der Waals surface area contributed by atoms with Gasteiger partial charge in [0.05, 0.1) is 0 Å². The highest BCUT2D eigenvalue weighted by Gasteiger charge is 2.13. The standard InChI is InChI=1S/C9H17NO/c1-4-8(6-10)9(11)5-7(2)3/h8H,2,4-6,10H2,1,3H3. The van der Waals surface area contributed by atoms with Gasteiger partial charge in [-0.25, -0.2) is 0 Å². The Labute approximate surface area is 68.5 Å². The maximum atomic E-state index is 11.3. The van der Waals surface area contributed by atoms with E-state index in [1.54, 1.807) is 0 Å². The van der Waals surface area contributed by atoms with Gasteiger partial charge in [-0.2, -0.15) is 0 Å². The largest absolute Gasteiger partial charge is 0.330 e. The van der Waals surface area contributed by atoms with Crippen molar-refractivity contribution in [3.8, 4) is 0 Å². The zero-order valence-corrected chi connectivity index (χ0v) is 7.39. The van der Waals surface area contributed by atoms with Crippen molar-refractivity contribution in [3.05, 3.63) is 12.2 Å². The first-order valence-corrected chi connectivity index (χ1v) is 3.99. The van der Waals surface area contributed by atoms with Crippen LogP contribution in [0.2, 0.25) is 0 Å². The van der Waals surface area contributed by atoms with Crippen molar-refractivity contribution in [2.75, 3.05) is 6.54 Å². The van der Waals surface area contributed by atoms with Crippen LogP contribution in [0.1, 0.15) is 26.7 Å². The van der Waals surface area contributed by atoms with E-state index in [1.807, 2.05) is 13.8 Å². The Hall–Kier alpha value is -0.630. The minimum atomic E-state index is 0.0340. The summed E-state index contributed by atoms with van der Waals surface area (Å²) in [6.07, 6.45) is 1.32. The maximum absolute atomic E-state index is 11.3. The highest BCUT2D eigenvalue weighted by Crippen LogP contribution is 2.08. The third-order valence-electron chi connectivity index (χ3n) is 1.71. The number of carbonyl (C=O) groups excluding carboxylic acids is 1. The molecule has 0 spiro atoms. The summed E-state index contributed by atoms with van der Waals surface area (Å²) in [5, 5.41) is 0. The molecule has 0 bridgehead atoms. The van der Waals surface area contributed by atoms with E-state index in [9.17, 15) is 4.79 Å². The summed E-state index contributed by atoms with van der Waals surface area (Å²) >= 11 is 0. The average Bonchev–Trinajstić information content (AvgIpc) is 1.88. The van der Waals surface area contributed by atoms with Gasteiger partial charge in [-0.15, -0.1) is 0 Å². The summed E-state index contributed by atoms with van der Waals surface area (Å²) < 4.78 is 0. The highest BCUT2D eigenvalue weighted by molar-refractivity contribution is 5.83. The van der Waals surface area contributed by atoms with E-state index in [0.717, 1.165) is 12.0 Å². The zero-order valence-electron chi connectivity index (χ0n) is 7.39. The molecule has 2 heteroatoms. The summed E-state index contributed by atoms with van der Waals surface area (Å²) in [6.45, 7) is 7.99. The van der Waals surface area contributed by atoms with Crippen LogP contribution in [0.5, 0.6) is 0 Å². The number of hydrogen-bond donors (Lipinski definition) is 1. The Bertz CT molecular complexity index is 148. The lowest BCUT2D eigenvalue weighted by molar-refractivity contribution is -0.121. The van der Waals surface area contributed by atoms with Gasteiger partial charge in [0, 0.05) is 18.9 Å². The molecule has 1 atom stereocenters. The fraction of sp³-hybridized carbons (Fsp3) is 0.667. The number of carbonyl (C=O) groups is 1. The summed E-state index contributed by atoms with van der Waals surface area (Å²) in [7, 11) is 0. The molecule has 1 unspecified atom stereocenters. The maximum Gasteiger partial charge on any atom is 0.141 e. The lowest BCUT2D eigenvalue weighted by Gasteiger charge is -2.09. The van der Waals surface area contributed by atoms with Crippen LogP contribution in [0.3, 0.4) is 0 Å². The van der Waals surface area contributed by atoms with E-state index in [0.29, 0.717) is 13.0 Å². The van der Waals surface area contributed by atoms with E-state index in [-0.39, 0.29) is 11.7 Å². The fourth-order valence-corrected chi connectivity index (χ4v) is 0.968. The van der Waals surface area contributed by atoms with E-state index in [4.69, 9.17) is 5.73 Å². The molecule has 0 radical (unpaired) electrons. The van der Waals surface area contributed by atoms with Crippen molar-refractivity contribution in [2.45, 2.75) is 26.7 Å². The SMILES string of the molecule is C=C(C)CC(=O)C(CC)CN. The third-order valence-corrected chi connectivity index (χ3v) is 1.71. The number of ketones is 1. The van der Waals surface area contributed by atoms with Gasteiger partial charge in [-0.1, -0.05) is 19.1 Å². The van der Waals surface area contributed by atoms with E-state index in [2.05, 4.69) is 6.58 Å². The van der Waals surface area contributed by atoms with Crippen molar-refractivity contribution in [2.24, 2.45) is 11.7 Å². The normalized spacial score (nSPS) is 12.6. The van der Waals surface area contributed by atoms with Crippen molar-refractivity contribution >= 4 is 5.78 Å². The van der Waals surface area contributed by atoms with E-state index in [1.165, 1.54) is 0 Å². The number of nitrogens with two attached hydrogens (primary N) is 1. The molecule has 0 heterocycles. The van der Waals surface area contributed by atoms with Crippen molar-refractivity contribution < 1.29 is 4.79 Å². The Balaban J connectivity index is 3.89. The first-order valence-electron chi connectivity index (χ1n) is 3.99. The van der Waals surface area contributed by atoms with Gasteiger partial charge >= 0.3 is 0 Å². The van der Waals surface area contributed by atoms with Crippen LogP contribution < -0.4 is 5.73 Å². The monoisotopic (exact) mass is 155 g/mol. The van der Waals surface area contributed by atoms with E-state index < -0.39 is 0 Å². The third kappa shape index (κ3) is 3.94. The van der Waals surface area contributed by atoms with Crippen LogP contribution >= 0.6 is 0 Å². The van der Waals surface area contributed by atoms with E-state index >= 15 is 0 Å². The molecule has 64 valence electrons. The van der Waals surface area contributed by atoms with Crippen LogP contribution in [-0.2, 0) is 4.79 Å². The van der Waals surface area contributed by atoms with Gasteiger partial charge in [-0.3, -0.25) is 4.79 Å². The van der Waals surface area contributed by atoms with Gasteiger partial charge < -0.3 is 5.73 Å². The number of allylic oxidation sites excluding steroid dienone is 1. The second-order valence-corrected chi connectivity index (χ2v) is 2.94. The average molecular weight is 155 g/mol. The van der Waals surface area contributed by atoms with Crippen molar-refractivity contribution in [3.63, 3.8) is 0 Å². The predicted octanol–water partition coefficient (Wildman–Crippen LogP) is 1.51. The second kappa shape index (κ2) is 5.08. The number of Topliss-reactive ketones (excluding diaryl/α,β-unsaturated/α-hetero) is 1. The minimum Gasteiger partial charge on any atom is -0.330 e. The summed E-state index contributed by atoms with van der Waals surface area (Å²) in [5.41, 5.74) is 6.33. The molecule has 0 amide bonds. The second-order valence-electron chi connectivity index (χ2n) is 2.94. The molecule has 0 saturated carbocycles. The molecule has 0 aliphatic rings. The van der Waals surface area contributed by atoms with Gasteiger partial charge in [0.25, 0.3) is 0 Å². The molecule has 11 heavy (non-hydrogen) atoms. The Kier molecular flexibility index (Phi) is 4.79. The predicted molar refractivity (Wildman–Crippen MR) is 47.3 cm³/mol. The lowest BCUT2D eigenvalue weighted by Crippen LogP contribution is -2.22. The van der Waals surface area contributed by atoms with Crippen LogP contribution in [0.4, 0.5) is 0 Å². The number of hydrogen-bond acceptors (Lipinski definition) is 2. The van der Waals surface area contributed by atoms with Crippen LogP contribution in [-0.4, -0.2) is 12.3 Å². The van der Waals surface area contributed by atoms with Gasteiger partial charge in [-0.05, 0) is 13.3 Å². The molecule has 0 aromatic carbocycles. The van der Waals surface area contributed by atoms with Crippen molar-refractivity contribution in [1.29, 1.82) is 0 Å². The first kappa shape index (κ1) is 10.4. The van der Waals surface area contributed by atoms with Crippen LogP contribution in [0.25, 0.3) is 0 Å². The molecule has 0 aromatic heterocycles. The lowest BCUT2D eigenvalue weighted by atomic mass is 9.97. The Morgan fingerprint density at radius 3 is 2.45 bits per heavy atom. The van der Waals surface area contributed by atoms with Crippen LogP contribution in [0.15, 0.2) is 12.2 Å². The first-order chi connectivity index (χ1) is 5.11. The number of rotatable bonds is 5. The molecule has 0 aromatic rings. The quantitative estimate of drug-likeness (QED) is 0.611. The fourth-order valence-electron chi connectivity index (χ4n) is 0.968. The minimum absolute atomic E-state index is 0.0340. The highest BCUT2D eigenvalue weighted by atomic mass is 16.1. The molecule has 2 nitrogen and oxygen atoms in total.